The Morgan fingerprint density at radius 2 is 1.88 bits per heavy atom. The largest absolute Gasteiger partial charge is 0.416 e. The fourth-order valence-electron chi connectivity index (χ4n) is 1.32. The molecule has 1 aromatic carbocycles. The van der Waals surface area contributed by atoms with Crippen molar-refractivity contribution >= 4 is 5.69 Å². The number of alkyl halides is 3. The number of halogens is 3. The molecule has 17 heavy (non-hydrogen) atoms. The molecule has 0 saturated heterocycles. The molecule has 1 aromatic rings. The predicted molar refractivity (Wildman–Crippen MR) is 63.6 cm³/mol. The highest BCUT2D eigenvalue weighted by Crippen LogP contribution is 2.30. The van der Waals surface area contributed by atoms with Crippen molar-refractivity contribution in [2.24, 2.45) is 0 Å². The summed E-state index contributed by atoms with van der Waals surface area (Å²) >= 11 is 0. The highest BCUT2D eigenvalue weighted by Gasteiger charge is 2.29. The van der Waals surface area contributed by atoms with Crippen molar-refractivity contribution in [2.45, 2.75) is 19.5 Å². The Labute approximate surface area is 98.7 Å². The molecular formula is C13H14F3N. The third-order valence-corrected chi connectivity index (χ3v) is 2.22. The molecule has 1 rings (SSSR count). The highest BCUT2D eigenvalue weighted by molar-refractivity contribution is 5.50. The summed E-state index contributed by atoms with van der Waals surface area (Å²) in [5, 5.41) is 3.03. The standard InChI is InChI=1S/C13H14F3N/c1-3-5-11(4-2)17-12-8-6-10(7-9-12)13(14,15)16/h3,5-9,17H,1,4H2,2H3/b11-5+. The highest BCUT2D eigenvalue weighted by atomic mass is 19.4. The molecule has 0 saturated carbocycles. The Morgan fingerprint density at radius 3 is 2.29 bits per heavy atom. The van der Waals surface area contributed by atoms with Gasteiger partial charge in [0, 0.05) is 11.4 Å². The molecule has 0 spiro atoms. The van der Waals surface area contributed by atoms with Gasteiger partial charge in [-0.3, -0.25) is 0 Å². The molecule has 0 atom stereocenters. The Morgan fingerprint density at radius 1 is 1.29 bits per heavy atom. The Hall–Kier alpha value is -1.71. The van der Waals surface area contributed by atoms with Crippen LogP contribution in [0.1, 0.15) is 18.9 Å². The first-order chi connectivity index (χ1) is 7.97. The quantitative estimate of drug-likeness (QED) is 0.760. The molecule has 0 amide bonds. The van der Waals surface area contributed by atoms with Crippen LogP contribution in [0.15, 0.2) is 48.7 Å². The molecule has 4 heteroatoms. The Kier molecular flexibility index (Phi) is 4.37. The number of hydrogen-bond donors (Lipinski definition) is 1. The van der Waals surface area contributed by atoms with Gasteiger partial charge in [-0.1, -0.05) is 19.6 Å². The van der Waals surface area contributed by atoms with Crippen LogP contribution in [0.4, 0.5) is 18.9 Å². The molecule has 1 N–H and O–H groups in total. The van der Waals surface area contributed by atoms with Gasteiger partial charge >= 0.3 is 6.18 Å². The summed E-state index contributed by atoms with van der Waals surface area (Å²) in [6.07, 6.45) is -0.107. The summed E-state index contributed by atoms with van der Waals surface area (Å²) in [5.41, 5.74) is 0.890. The van der Waals surface area contributed by atoms with Crippen LogP contribution >= 0.6 is 0 Å². The van der Waals surface area contributed by atoms with E-state index in [1.165, 1.54) is 12.1 Å². The molecule has 0 aliphatic heterocycles. The number of rotatable bonds is 4. The zero-order valence-electron chi connectivity index (χ0n) is 9.51. The molecular weight excluding hydrogens is 227 g/mol. The average molecular weight is 241 g/mol. The zero-order valence-corrected chi connectivity index (χ0v) is 9.51. The van der Waals surface area contributed by atoms with Crippen molar-refractivity contribution in [2.75, 3.05) is 5.32 Å². The number of anilines is 1. The van der Waals surface area contributed by atoms with E-state index in [0.717, 1.165) is 24.3 Å². The summed E-state index contributed by atoms with van der Waals surface area (Å²) in [7, 11) is 0. The van der Waals surface area contributed by atoms with Gasteiger partial charge in [-0.2, -0.15) is 13.2 Å². The van der Waals surface area contributed by atoms with E-state index in [1.807, 2.05) is 6.92 Å². The van der Waals surface area contributed by atoms with Crippen molar-refractivity contribution < 1.29 is 13.2 Å². The molecule has 0 heterocycles. The lowest BCUT2D eigenvalue weighted by Crippen LogP contribution is -2.05. The first-order valence-corrected chi connectivity index (χ1v) is 5.23. The molecule has 0 aliphatic rings. The smallest absolute Gasteiger partial charge is 0.359 e. The van der Waals surface area contributed by atoms with E-state index >= 15 is 0 Å². The van der Waals surface area contributed by atoms with Crippen molar-refractivity contribution in [3.05, 3.63) is 54.3 Å². The minimum atomic E-state index is -4.29. The summed E-state index contributed by atoms with van der Waals surface area (Å²) in [6, 6.07) is 4.94. The molecule has 0 fully saturated rings. The third-order valence-electron chi connectivity index (χ3n) is 2.22. The maximum Gasteiger partial charge on any atom is 0.416 e. The maximum atomic E-state index is 12.3. The topological polar surface area (TPSA) is 12.0 Å². The van der Waals surface area contributed by atoms with E-state index in [-0.39, 0.29) is 0 Å². The molecule has 92 valence electrons. The van der Waals surface area contributed by atoms with Crippen molar-refractivity contribution in [3.63, 3.8) is 0 Å². The van der Waals surface area contributed by atoms with Crippen LogP contribution in [0.25, 0.3) is 0 Å². The fraction of sp³-hybridized carbons (Fsp3) is 0.231. The number of benzene rings is 1. The molecule has 0 radical (unpaired) electrons. The lowest BCUT2D eigenvalue weighted by atomic mass is 10.2. The van der Waals surface area contributed by atoms with Crippen LogP contribution < -0.4 is 5.32 Å². The SMILES string of the molecule is C=C/C=C(\CC)Nc1ccc(C(F)(F)F)cc1. The summed E-state index contributed by atoms with van der Waals surface area (Å²) in [4.78, 5) is 0. The number of hydrogen-bond acceptors (Lipinski definition) is 1. The van der Waals surface area contributed by atoms with Crippen LogP contribution in [0.3, 0.4) is 0 Å². The minimum absolute atomic E-state index is 0.632. The molecule has 0 aliphatic carbocycles. The van der Waals surface area contributed by atoms with Gasteiger partial charge in [0.05, 0.1) is 5.56 Å². The fourth-order valence-corrected chi connectivity index (χ4v) is 1.32. The second-order valence-corrected chi connectivity index (χ2v) is 3.48. The summed E-state index contributed by atoms with van der Waals surface area (Å²) < 4.78 is 37.0. The first-order valence-electron chi connectivity index (χ1n) is 5.23. The Bertz CT molecular complexity index is 402. The van der Waals surface area contributed by atoms with Crippen LogP contribution in [-0.4, -0.2) is 0 Å². The molecule has 0 bridgehead atoms. The van der Waals surface area contributed by atoms with Crippen molar-refractivity contribution in [1.82, 2.24) is 0 Å². The van der Waals surface area contributed by atoms with E-state index in [9.17, 15) is 13.2 Å². The summed E-state index contributed by atoms with van der Waals surface area (Å²) in [5.74, 6) is 0. The maximum absolute atomic E-state index is 12.3. The van der Waals surface area contributed by atoms with Gasteiger partial charge in [-0.05, 0) is 36.8 Å². The van der Waals surface area contributed by atoms with Gasteiger partial charge in [0.1, 0.15) is 0 Å². The lowest BCUT2D eigenvalue weighted by molar-refractivity contribution is -0.137. The molecule has 1 nitrogen and oxygen atoms in total. The summed E-state index contributed by atoms with van der Waals surface area (Å²) in [6.45, 7) is 5.52. The lowest BCUT2D eigenvalue weighted by Gasteiger charge is -2.10. The van der Waals surface area contributed by atoms with Gasteiger partial charge in [0.25, 0.3) is 0 Å². The molecule has 0 aromatic heterocycles. The van der Waals surface area contributed by atoms with Gasteiger partial charge in [0.15, 0.2) is 0 Å². The molecule has 0 unspecified atom stereocenters. The predicted octanol–water partition coefficient (Wildman–Crippen LogP) is 4.60. The number of nitrogens with one attached hydrogen (secondary N) is 1. The van der Waals surface area contributed by atoms with Gasteiger partial charge in [-0.15, -0.1) is 0 Å². The average Bonchev–Trinajstić information content (AvgIpc) is 2.28. The Balaban J connectivity index is 2.82. The van der Waals surface area contributed by atoms with Crippen LogP contribution in [-0.2, 0) is 6.18 Å². The van der Waals surface area contributed by atoms with Gasteiger partial charge in [-0.25, -0.2) is 0 Å². The van der Waals surface area contributed by atoms with E-state index in [1.54, 1.807) is 12.2 Å². The zero-order chi connectivity index (χ0) is 12.9. The van der Waals surface area contributed by atoms with Crippen LogP contribution in [0.2, 0.25) is 0 Å². The second kappa shape index (κ2) is 5.57. The van der Waals surface area contributed by atoms with Crippen molar-refractivity contribution in [3.8, 4) is 0 Å². The first kappa shape index (κ1) is 13.4. The van der Waals surface area contributed by atoms with E-state index in [4.69, 9.17) is 0 Å². The van der Waals surface area contributed by atoms with Gasteiger partial charge < -0.3 is 5.32 Å². The van der Waals surface area contributed by atoms with E-state index in [2.05, 4.69) is 11.9 Å². The monoisotopic (exact) mass is 241 g/mol. The van der Waals surface area contributed by atoms with Gasteiger partial charge in [0.2, 0.25) is 0 Å². The van der Waals surface area contributed by atoms with Crippen LogP contribution in [0, 0.1) is 0 Å². The van der Waals surface area contributed by atoms with E-state index in [0.29, 0.717) is 5.69 Å². The van der Waals surface area contributed by atoms with Crippen molar-refractivity contribution in [1.29, 1.82) is 0 Å². The second-order valence-electron chi connectivity index (χ2n) is 3.48. The normalized spacial score (nSPS) is 12.4. The van der Waals surface area contributed by atoms with Crippen LogP contribution in [0.5, 0.6) is 0 Å². The minimum Gasteiger partial charge on any atom is -0.359 e. The number of allylic oxidation sites excluding steroid dienone is 3. The van der Waals surface area contributed by atoms with E-state index < -0.39 is 11.7 Å². The third kappa shape index (κ3) is 3.98.